The second kappa shape index (κ2) is 7.98. The highest BCUT2D eigenvalue weighted by molar-refractivity contribution is 5.74. The maximum absolute atomic E-state index is 13.2. The summed E-state index contributed by atoms with van der Waals surface area (Å²) in [6.07, 6.45) is 6.88. The van der Waals surface area contributed by atoms with Gasteiger partial charge in [0.05, 0.1) is 0 Å². The Morgan fingerprint density at radius 2 is 1.67 bits per heavy atom. The van der Waals surface area contributed by atoms with Gasteiger partial charge in [-0.3, -0.25) is 0 Å². The van der Waals surface area contributed by atoms with Gasteiger partial charge in [-0.05, 0) is 64.0 Å². The second-order valence-corrected chi connectivity index (χ2v) is 7.80. The smallest absolute Gasteiger partial charge is 0.317 e. The highest BCUT2D eigenvalue weighted by Gasteiger charge is 2.35. The lowest BCUT2D eigenvalue weighted by molar-refractivity contribution is -0.0452. The van der Waals surface area contributed by atoms with Gasteiger partial charge in [0.2, 0.25) is 5.92 Å². The fourth-order valence-corrected chi connectivity index (χ4v) is 4.40. The van der Waals surface area contributed by atoms with Gasteiger partial charge in [0.1, 0.15) is 0 Å². The number of carbonyl (C=O) groups excluding carboxylic acids is 1. The molecule has 1 saturated carbocycles. The molecule has 1 N–H and O–H groups in total. The Labute approximate surface area is 143 Å². The summed E-state index contributed by atoms with van der Waals surface area (Å²) in [5, 5.41) is 2.99. The molecule has 0 aromatic rings. The van der Waals surface area contributed by atoms with Crippen LogP contribution in [0.4, 0.5) is 13.6 Å². The van der Waals surface area contributed by atoms with Gasteiger partial charge >= 0.3 is 6.03 Å². The average molecular weight is 343 g/mol. The van der Waals surface area contributed by atoms with Crippen LogP contribution in [0.1, 0.15) is 57.8 Å². The molecule has 2 saturated heterocycles. The van der Waals surface area contributed by atoms with Crippen molar-refractivity contribution in [3.63, 3.8) is 0 Å². The Morgan fingerprint density at radius 3 is 2.38 bits per heavy atom. The van der Waals surface area contributed by atoms with Crippen molar-refractivity contribution in [2.24, 2.45) is 5.92 Å². The zero-order valence-corrected chi connectivity index (χ0v) is 14.6. The molecule has 0 aromatic carbocycles. The Kier molecular flexibility index (Phi) is 5.95. The van der Waals surface area contributed by atoms with Crippen LogP contribution in [0.2, 0.25) is 0 Å². The third kappa shape index (κ3) is 4.80. The van der Waals surface area contributed by atoms with Gasteiger partial charge in [-0.25, -0.2) is 13.6 Å². The maximum Gasteiger partial charge on any atom is 0.317 e. The number of likely N-dealkylation sites (tertiary alicyclic amines) is 2. The summed E-state index contributed by atoms with van der Waals surface area (Å²) < 4.78 is 26.4. The van der Waals surface area contributed by atoms with Crippen LogP contribution < -0.4 is 5.32 Å². The van der Waals surface area contributed by atoms with Crippen molar-refractivity contribution in [2.75, 3.05) is 32.7 Å². The van der Waals surface area contributed by atoms with Crippen molar-refractivity contribution in [2.45, 2.75) is 69.8 Å². The summed E-state index contributed by atoms with van der Waals surface area (Å²) in [6.45, 7) is 4.60. The molecule has 3 rings (SSSR count). The number of urea groups is 1. The summed E-state index contributed by atoms with van der Waals surface area (Å²) in [4.78, 5) is 16.9. The van der Waals surface area contributed by atoms with Crippen molar-refractivity contribution in [1.82, 2.24) is 15.1 Å². The number of amides is 2. The molecule has 0 spiro atoms. The molecular weight excluding hydrogens is 312 g/mol. The number of nitrogens with zero attached hydrogens (tertiary/aromatic N) is 2. The number of carbonyl (C=O) groups is 1. The summed E-state index contributed by atoms with van der Waals surface area (Å²) in [5.74, 6) is -2.28. The van der Waals surface area contributed by atoms with Crippen LogP contribution in [0.25, 0.3) is 0 Å². The van der Waals surface area contributed by atoms with Crippen molar-refractivity contribution in [1.29, 1.82) is 0 Å². The van der Waals surface area contributed by atoms with E-state index in [0.717, 1.165) is 25.9 Å². The van der Waals surface area contributed by atoms with E-state index in [2.05, 4.69) is 10.2 Å². The monoisotopic (exact) mass is 343 g/mol. The Bertz CT molecular complexity index is 416. The third-order valence-electron chi connectivity index (χ3n) is 6.02. The summed E-state index contributed by atoms with van der Waals surface area (Å²) in [7, 11) is 0. The largest absolute Gasteiger partial charge is 0.338 e. The minimum Gasteiger partial charge on any atom is -0.338 e. The quantitative estimate of drug-likeness (QED) is 0.852. The number of halogens is 2. The molecule has 3 aliphatic rings. The first kappa shape index (κ1) is 17.9. The van der Waals surface area contributed by atoms with Gasteiger partial charge in [0.25, 0.3) is 0 Å². The molecule has 0 aromatic heterocycles. The number of rotatable bonds is 3. The molecule has 4 nitrogen and oxygen atoms in total. The predicted octanol–water partition coefficient (Wildman–Crippen LogP) is 3.47. The molecule has 0 bridgehead atoms. The normalized spacial score (nSPS) is 29.4. The van der Waals surface area contributed by atoms with E-state index in [1.54, 1.807) is 0 Å². The average Bonchev–Trinajstić information content (AvgIpc) is 2.98. The molecule has 2 heterocycles. The van der Waals surface area contributed by atoms with Crippen LogP contribution in [0.5, 0.6) is 0 Å². The van der Waals surface area contributed by atoms with Gasteiger partial charge in [-0.15, -0.1) is 0 Å². The van der Waals surface area contributed by atoms with Crippen molar-refractivity contribution >= 4 is 6.03 Å². The Balaban J connectivity index is 1.39. The highest BCUT2D eigenvalue weighted by atomic mass is 19.3. The third-order valence-corrected chi connectivity index (χ3v) is 6.02. The lowest BCUT2D eigenvalue weighted by Gasteiger charge is -2.29. The van der Waals surface area contributed by atoms with Crippen LogP contribution >= 0.6 is 0 Å². The number of nitrogens with one attached hydrogen (secondary N) is 1. The molecule has 24 heavy (non-hydrogen) atoms. The predicted molar refractivity (Wildman–Crippen MR) is 90.3 cm³/mol. The fourth-order valence-electron chi connectivity index (χ4n) is 4.40. The summed E-state index contributed by atoms with van der Waals surface area (Å²) >= 11 is 0. The number of alkyl halides is 2. The first-order valence-corrected chi connectivity index (χ1v) is 9.68. The second-order valence-electron chi connectivity index (χ2n) is 7.80. The topological polar surface area (TPSA) is 35.6 Å². The lowest BCUT2D eigenvalue weighted by atomic mass is 9.87. The molecule has 138 valence electrons. The van der Waals surface area contributed by atoms with Crippen LogP contribution in [0.3, 0.4) is 0 Å². The highest BCUT2D eigenvalue weighted by Crippen LogP contribution is 2.35. The van der Waals surface area contributed by atoms with Crippen molar-refractivity contribution < 1.29 is 13.6 Å². The van der Waals surface area contributed by atoms with Crippen molar-refractivity contribution in [3.8, 4) is 0 Å². The lowest BCUT2D eigenvalue weighted by Crippen LogP contribution is -2.43. The minimum absolute atomic E-state index is 0.00518. The molecule has 3 fully saturated rings. The molecule has 6 heteroatoms. The minimum atomic E-state index is -2.49. The molecular formula is C18H31F2N3O. The van der Waals surface area contributed by atoms with Gasteiger partial charge in [-0.1, -0.05) is 0 Å². The van der Waals surface area contributed by atoms with E-state index in [-0.39, 0.29) is 24.8 Å². The molecule has 1 atom stereocenters. The van der Waals surface area contributed by atoms with E-state index in [1.807, 2.05) is 4.90 Å². The number of hydrogen-bond donors (Lipinski definition) is 1. The molecule has 1 aliphatic carbocycles. The van der Waals surface area contributed by atoms with Crippen LogP contribution in [0, 0.1) is 5.92 Å². The van der Waals surface area contributed by atoms with Gasteiger partial charge in [0, 0.05) is 38.5 Å². The van der Waals surface area contributed by atoms with Gasteiger partial charge in [0.15, 0.2) is 0 Å². The zero-order valence-electron chi connectivity index (χ0n) is 14.6. The van der Waals surface area contributed by atoms with Gasteiger partial charge in [-0.2, -0.15) is 0 Å². The van der Waals surface area contributed by atoms with Crippen LogP contribution in [-0.4, -0.2) is 60.5 Å². The SMILES string of the molecule is O=C(NCC1CCC(F)(F)CC1)N1CCCC(N2CCCC2)CC1. The fraction of sp³-hybridized carbons (Fsp3) is 0.944. The van der Waals surface area contributed by atoms with E-state index in [4.69, 9.17) is 0 Å². The zero-order chi connectivity index (χ0) is 17.0. The first-order chi connectivity index (χ1) is 11.5. The standard InChI is InChI=1S/C18H31F2N3O/c19-18(20)8-5-15(6-9-18)14-21-17(24)23-12-3-4-16(7-13-23)22-10-1-2-11-22/h15-16H,1-14H2,(H,21,24). The summed E-state index contributed by atoms with van der Waals surface area (Å²) in [6, 6.07) is 0.625. The Morgan fingerprint density at radius 1 is 0.958 bits per heavy atom. The van der Waals surface area contributed by atoms with Crippen molar-refractivity contribution in [3.05, 3.63) is 0 Å². The molecule has 2 aliphatic heterocycles. The van der Waals surface area contributed by atoms with Crippen LogP contribution in [0.15, 0.2) is 0 Å². The molecule has 0 radical (unpaired) electrons. The first-order valence-electron chi connectivity index (χ1n) is 9.68. The van der Waals surface area contributed by atoms with E-state index in [9.17, 15) is 13.6 Å². The maximum atomic E-state index is 13.2. The summed E-state index contributed by atoms with van der Waals surface area (Å²) in [5.41, 5.74) is 0. The van der Waals surface area contributed by atoms with Gasteiger partial charge < -0.3 is 15.1 Å². The number of hydrogen-bond acceptors (Lipinski definition) is 2. The van der Waals surface area contributed by atoms with E-state index in [0.29, 0.717) is 25.4 Å². The van der Waals surface area contributed by atoms with E-state index in [1.165, 1.54) is 32.4 Å². The van der Waals surface area contributed by atoms with E-state index >= 15 is 0 Å². The Hall–Kier alpha value is -0.910. The van der Waals surface area contributed by atoms with E-state index < -0.39 is 5.92 Å². The molecule has 2 amide bonds. The van der Waals surface area contributed by atoms with Crippen LogP contribution in [-0.2, 0) is 0 Å². The molecule has 1 unspecified atom stereocenters.